The van der Waals surface area contributed by atoms with Crippen molar-refractivity contribution in [1.82, 2.24) is 0 Å². The molecule has 0 saturated carbocycles. The quantitative estimate of drug-likeness (QED) is 0.122. The molecule has 0 bridgehead atoms. The van der Waals surface area contributed by atoms with Crippen LogP contribution in [0.2, 0.25) is 0 Å². The maximum absolute atomic E-state index is 2.29. The highest BCUT2D eigenvalue weighted by Crippen LogP contribution is 2.22. The minimum atomic E-state index is 0.0287. The van der Waals surface area contributed by atoms with Crippen molar-refractivity contribution in [2.24, 2.45) is 0 Å². The highest BCUT2D eigenvalue weighted by molar-refractivity contribution is 7.98. The van der Waals surface area contributed by atoms with Gasteiger partial charge in [-0.1, -0.05) is 184 Å². The summed E-state index contributed by atoms with van der Waals surface area (Å²) < 4.78 is 2.96. The first-order valence-corrected chi connectivity index (χ1v) is 25.4. The molecule has 0 spiro atoms. The monoisotopic (exact) mass is 851 g/mol. The number of halogens is 1. The molecule has 0 radical (unpaired) electrons. The minimum absolute atomic E-state index is 0.0287. The van der Waals surface area contributed by atoms with Gasteiger partial charge in [0.1, 0.15) is 29.8 Å². The fourth-order valence-corrected chi connectivity index (χ4v) is 8.92. The lowest BCUT2D eigenvalue weighted by Gasteiger charge is -2.12. The predicted molar refractivity (Wildman–Crippen MR) is 245 cm³/mol. The SMILES string of the molecule is CC.CC.CC.CC.CC.CC[S+]1CCC1.C[S+](C)c1cccc2ccccc12.c1ccc([I+]c2ccccc2)cc1.c1ccc2ccccc2c1. The van der Waals surface area contributed by atoms with E-state index in [9.17, 15) is 0 Å². The van der Waals surface area contributed by atoms with Crippen LogP contribution in [0.3, 0.4) is 0 Å². The molecule has 0 unspecified atom stereocenters. The van der Waals surface area contributed by atoms with E-state index < -0.39 is 0 Å². The van der Waals surface area contributed by atoms with Crippen LogP contribution in [0, 0.1) is 7.14 Å². The molecule has 1 aliphatic heterocycles. The summed E-state index contributed by atoms with van der Waals surface area (Å²) in [7, 11) is 1.24. The Labute approximate surface area is 338 Å². The van der Waals surface area contributed by atoms with E-state index in [-0.39, 0.29) is 21.2 Å². The number of benzene rings is 6. The van der Waals surface area contributed by atoms with Crippen LogP contribution in [0.5, 0.6) is 0 Å². The fraction of sp³-hybridized carbons (Fsp3) is 0.347. The van der Waals surface area contributed by atoms with Gasteiger partial charge in [0, 0.05) is 22.7 Å². The Morgan fingerprint density at radius 1 is 0.442 bits per heavy atom. The number of rotatable bonds is 4. The second kappa shape index (κ2) is 36.6. The molecular weight excluding hydrogens is 780 g/mol. The molecule has 1 aliphatic rings. The number of fused-ring (bicyclic) bond motifs is 2. The van der Waals surface area contributed by atoms with Crippen molar-refractivity contribution in [2.45, 2.75) is 87.5 Å². The van der Waals surface area contributed by atoms with Crippen LogP contribution in [-0.2, 0) is 21.8 Å². The zero-order valence-electron chi connectivity index (χ0n) is 35.0. The van der Waals surface area contributed by atoms with Gasteiger partial charge in [-0.05, 0) is 70.4 Å². The van der Waals surface area contributed by atoms with Gasteiger partial charge < -0.3 is 0 Å². The molecule has 52 heavy (non-hydrogen) atoms. The third kappa shape index (κ3) is 21.7. The van der Waals surface area contributed by atoms with Gasteiger partial charge in [-0.15, -0.1) is 0 Å². The summed E-state index contributed by atoms with van der Waals surface area (Å²) in [6, 6.07) is 53.2. The molecule has 0 aliphatic carbocycles. The summed E-state index contributed by atoms with van der Waals surface area (Å²) >= 11 is 0.0287. The second-order valence-corrected chi connectivity index (χ2v) is 17.7. The van der Waals surface area contributed by atoms with Gasteiger partial charge in [-0.3, -0.25) is 0 Å². The summed E-state index contributed by atoms with van der Waals surface area (Å²) in [5.41, 5.74) is 0. The van der Waals surface area contributed by atoms with E-state index in [1.807, 2.05) is 69.2 Å². The Morgan fingerprint density at radius 2 is 0.788 bits per heavy atom. The topological polar surface area (TPSA) is 0 Å². The van der Waals surface area contributed by atoms with Crippen molar-refractivity contribution in [1.29, 1.82) is 0 Å². The summed E-state index contributed by atoms with van der Waals surface area (Å²) in [6.45, 7) is 22.3. The molecule has 6 aromatic carbocycles. The summed E-state index contributed by atoms with van der Waals surface area (Å²) in [4.78, 5) is 1.47. The molecule has 1 fully saturated rings. The third-order valence-electron chi connectivity index (χ3n) is 6.81. The van der Waals surface area contributed by atoms with Crippen LogP contribution in [0.1, 0.15) is 82.6 Å². The molecule has 6 aromatic rings. The Balaban J connectivity index is 0. The molecule has 0 nitrogen and oxygen atoms in total. The van der Waals surface area contributed by atoms with E-state index >= 15 is 0 Å². The minimum Gasteiger partial charge on any atom is -0.0683 e. The maximum Gasteiger partial charge on any atom is 0.357 e. The normalized spacial score (nSPS) is 10.4. The van der Waals surface area contributed by atoms with Crippen LogP contribution in [0.25, 0.3) is 21.5 Å². The summed E-state index contributed by atoms with van der Waals surface area (Å²) in [5, 5.41) is 5.37. The van der Waals surface area contributed by atoms with Gasteiger partial charge in [0.25, 0.3) is 0 Å². The van der Waals surface area contributed by atoms with Crippen molar-refractivity contribution < 1.29 is 21.2 Å². The Hall–Kier alpha value is -2.73. The smallest absolute Gasteiger partial charge is 0.0683 e. The van der Waals surface area contributed by atoms with E-state index in [1.54, 1.807) is 0 Å². The summed E-state index contributed by atoms with van der Waals surface area (Å²) in [5.74, 6) is 4.52. The number of hydrogen-bond donors (Lipinski definition) is 0. The first-order chi connectivity index (χ1) is 25.6. The van der Waals surface area contributed by atoms with Gasteiger partial charge in [-0.25, -0.2) is 0 Å². The van der Waals surface area contributed by atoms with Crippen LogP contribution >= 0.6 is 0 Å². The Bertz CT molecular complexity index is 1490. The van der Waals surface area contributed by atoms with Crippen LogP contribution in [-0.4, -0.2) is 29.8 Å². The highest BCUT2D eigenvalue weighted by atomic mass is 127. The van der Waals surface area contributed by atoms with Crippen molar-refractivity contribution in [3.05, 3.63) is 159 Å². The van der Waals surface area contributed by atoms with Gasteiger partial charge in [0.05, 0.1) is 0 Å². The van der Waals surface area contributed by atoms with E-state index in [4.69, 9.17) is 0 Å². The molecule has 1 heterocycles. The Morgan fingerprint density at radius 3 is 1.12 bits per heavy atom. The zero-order chi connectivity index (χ0) is 39.4. The van der Waals surface area contributed by atoms with Gasteiger partial charge in [-0.2, -0.15) is 0 Å². The average molecular weight is 852 g/mol. The highest BCUT2D eigenvalue weighted by Gasteiger charge is 2.24. The molecular formula is C49H72IS2+3. The Kier molecular flexibility index (Phi) is 36.2. The van der Waals surface area contributed by atoms with Gasteiger partial charge >= 0.3 is 21.2 Å². The fourth-order valence-electron chi connectivity index (χ4n) is 4.40. The lowest BCUT2D eigenvalue weighted by molar-refractivity contribution is -0.597. The molecule has 0 N–H and O–H groups in total. The van der Waals surface area contributed by atoms with Crippen molar-refractivity contribution in [3.8, 4) is 0 Å². The molecule has 3 heteroatoms. The van der Waals surface area contributed by atoms with E-state index in [0.717, 1.165) is 10.9 Å². The van der Waals surface area contributed by atoms with E-state index in [0.29, 0.717) is 10.9 Å². The van der Waals surface area contributed by atoms with Crippen LogP contribution in [0.4, 0.5) is 0 Å². The lowest BCUT2D eigenvalue weighted by atomic mass is 10.1. The first-order valence-electron chi connectivity index (χ1n) is 19.5. The molecule has 7 rings (SSSR count). The average Bonchev–Trinajstić information content (AvgIpc) is 3.22. The molecule has 0 aromatic heterocycles. The molecule has 284 valence electrons. The first kappa shape index (κ1) is 51.4. The summed E-state index contributed by atoms with van der Waals surface area (Å²) in [6.07, 6.45) is 6.04. The van der Waals surface area contributed by atoms with Crippen LogP contribution < -0.4 is 21.2 Å². The molecule has 0 atom stereocenters. The van der Waals surface area contributed by atoms with E-state index in [2.05, 4.69) is 171 Å². The lowest BCUT2D eigenvalue weighted by Crippen LogP contribution is -3.61. The van der Waals surface area contributed by atoms with Gasteiger partial charge in [0.15, 0.2) is 12.0 Å². The zero-order valence-corrected chi connectivity index (χ0v) is 38.7. The standard InChI is InChI=1S/C12H10I.C12H13S.C10H8.C5H11S.5C2H6/c1-3-7-11(8-4-1)13-12-9-5-2-6-10-12;1-13(2)12-9-5-7-10-6-3-4-8-11(10)12;1-2-6-10-8-4-3-7-9(10)5-1;1-2-6-4-3-5-6;5*1-2/h1-10H;3-9H,1-2H3;1-8H;2-5H2,1H3;5*1-2H3/q2*+1;;+1;;;;;. The van der Waals surface area contributed by atoms with Crippen molar-refractivity contribution >= 4 is 43.3 Å². The largest absolute Gasteiger partial charge is 0.357 e. The second-order valence-electron chi connectivity index (χ2n) is 9.99. The number of hydrogen-bond acceptors (Lipinski definition) is 0. The predicted octanol–water partition coefficient (Wildman–Crippen LogP) is 11.9. The molecule has 0 amide bonds. The van der Waals surface area contributed by atoms with Crippen molar-refractivity contribution in [2.75, 3.05) is 29.8 Å². The van der Waals surface area contributed by atoms with Gasteiger partial charge in [0.2, 0.25) is 0 Å². The van der Waals surface area contributed by atoms with Crippen molar-refractivity contribution in [3.63, 3.8) is 0 Å². The molecule has 1 saturated heterocycles. The van der Waals surface area contributed by atoms with E-state index in [1.165, 1.54) is 57.3 Å². The maximum atomic E-state index is 2.29. The third-order valence-corrected chi connectivity index (χ3v) is 13.3. The van der Waals surface area contributed by atoms with Crippen LogP contribution in [0.15, 0.2) is 157 Å².